The van der Waals surface area contributed by atoms with E-state index in [1.807, 2.05) is 32.0 Å². The van der Waals surface area contributed by atoms with Gasteiger partial charge >= 0.3 is 5.97 Å². The average molecular weight is 287 g/mol. The molecular formula is C18H25NO2. The van der Waals surface area contributed by atoms with Crippen molar-refractivity contribution in [2.45, 2.75) is 46.0 Å². The van der Waals surface area contributed by atoms with Crippen LogP contribution in [0.15, 0.2) is 30.3 Å². The van der Waals surface area contributed by atoms with Crippen LogP contribution in [0, 0.1) is 22.7 Å². The zero-order valence-electron chi connectivity index (χ0n) is 13.4. The van der Waals surface area contributed by atoms with E-state index in [0.29, 0.717) is 12.3 Å². The van der Waals surface area contributed by atoms with Gasteiger partial charge in [-0.05, 0) is 44.6 Å². The second-order valence-electron chi connectivity index (χ2n) is 6.16. The molecule has 3 heteroatoms. The summed E-state index contributed by atoms with van der Waals surface area (Å²) in [6, 6.07) is 12.6. The van der Waals surface area contributed by atoms with E-state index in [1.165, 1.54) is 12.7 Å². The zero-order valence-corrected chi connectivity index (χ0v) is 13.4. The molecule has 0 amide bonds. The van der Waals surface area contributed by atoms with Gasteiger partial charge in [0.1, 0.15) is 0 Å². The highest BCUT2D eigenvalue weighted by molar-refractivity contribution is 5.75. The SMILES string of the molecule is CCC(CC(C#N)CC(C)(C)C(=O)OC)c1ccccc1. The number of nitriles is 1. The van der Waals surface area contributed by atoms with Gasteiger partial charge in [0.2, 0.25) is 0 Å². The Balaban J connectivity index is 2.78. The van der Waals surface area contributed by atoms with Crippen LogP contribution in [0.2, 0.25) is 0 Å². The van der Waals surface area contributed by atoms with E-state index in [9.17, 15) is 10.1 Å². The van der Waals surface area contributed by atoms with Crippen molar-refractivity contribution in [1.82, 2.24) is 0 Å². The van der Waals surface area contributed by atoms with Gasteiger partial charge in [0.25, 0.3) is 0 Å². The highest BCUT2D eigenvalue weighted by atomic mass is 16.5. The van der Waals surface area contributed by atoms with Gasteiger partial charge in [-0.15, -0.1) is 0 Å². The van der Waals surface area contributed by atoms with Crippen molar-refractivity contribution in [1.29, 1.82) is 5.26 Å². The maximum atomic E-state index is 11.8. The fraction of sp³-hybridized carbons (Fsp3) is 0.556. The molecule has 0 spiro atoms. The van der Waals surface area contributed by atoms with E-state index in [4.69, 9.17) is 4.74 Å². The highest BCUT2D eigenvalue weighted by Crippen LogP contribution is 2.34. The summed E-state index contributed by atoms with van der Waals surface area (Å²) in [7, 11) is 1.39. The first-order chi connectivity index (χ1) is 9.94. The number of benzene rings is 1. The van der Waals surface area contributed by atoms with E-state index < -0.39 is 5.41 Å². The Morgan fingerprint density at radius 2 is 1.95 bits per heavy atom. The van der Waals surface area contributed by atoms with Crippen LogP contribution < -0.4 is 0 Å². The molecular weight excluding hydrogens is 262 g/mol. The molecule has 0 fully saturated rings. The van der Waals surface area contributed by atoms with Gasteiger partial charge in [0.05, 0.1) is 18.6 Å². The minimum atomic E-state index is -0.621. The first-order valence-corrected chi connectivity index (χ1v) is 7.47. The lowest BCUT2D eigenvalue weighted by molar-refractivity contribution is -0.151. The lowest BCUT2D eigenvalue weighted by atomic mass is 9.78. The van der Waals surface area contributed by atoms with Crippen molar-refractivity contribution in [3.8, 4) is 6.07 Å². The second-order valence-corrected chi connectivity index (χ2v) is 6.16. The number of ether oxygens (including phenoxy) is 1. The molecule has 0 radical (unpaired) electrons. The average Bonchev–Trinajstić information content (AvgIpc) is 2.51. The Labute approximate surface area is 127 Å². The highest BCUT2D eigenvalue weighted by Gasteiger charge is 2.32. The molecule has 1 aromatic carbocycles. The van der Waals surface area contributed by atoms with Crippen molar-refractivity contribution in [2.24, 2.45) is 11.3 Å². The largest absolute Gasteiger partial charge is 0.469 e. The first-order valence-electron chi connectivity index (χ1n) is 7.47. The Bertz CT molecular complexity index is 488. The molecule has 3 nitrogen and oxygen atoms in total. The smallest absolute Gasteiger partial charge is 0.311 e. The number of carbonyl (C=O) groups excluding carboxylic acids is 1. The van der Waals surface area contributed by atoms with Crippen LogP contribution in [0.5, 0.6) is 0 Å². The Hall–Kier alpha value is -1.82. The molecule has 0 aliphatic heterocycles. The molecule has 114 valence electrons. The third-order valence-electron chi connectivity index (χ3n) is 4.01. The molecule has 0 aromatic heterocycles. The summed E-state index contributed by atoms with van der Waals surface area (Å²) in [6.45, 7) is 5.82. The second kappa shape index (κ2) is 7.83. The summed E-state index contributed by atoms with van der Waals surface area (Å²) < 4.78 is 4.83. The van der Waals surface area contributed by atoms with Gasteiger partial charge in [-0.1, -0.05) is 37.3 Å². The monoisotopic (exact) mass is 287 g/mol. The van der Waals surface area contributed by atoms with E-state index >= 15 is 0 Å². The zero-order chi connectivity index (χ0) is 15.9. The van der Waals surface area contributed by atoms with E-state index in [1.54, 1.807) is 0 Å². The van der Waals surface area contributed by atoms with Crippen molar-refractivity contribution in [2.75, 3.05) is 7.11 Å². The van der Waals surface area contributed by atoms with Gasteiger partial charge in [0, 0.05) is 5.92 Å². The van der Waals surface area contributed by atoms with Crippen LogP contribution in [0.3, 0.4) is 0 Å². The first kappa shape index (κ1) is 17.2. The Morgan fingerprint density at radius 3 is 2.43 bits per heavy atom. The number of carbonyl (C=O) groups is 1. The van der Waals surface area contributed by atoms with Crippen molar-refractivity contribution in [3.63, 3.8) is 0 Å². The lowest BCUT2D eigenvalue weighted by Gasteiger charge is -2.26. The third kappa shape index (κ3) is 4.90. The predicted molar refractivity (Wildman–Crippen MR) is 83.6 cm³/mol. The fourth-order valence-corrected chi connectivity index (χ4v) is 2.76. The van der Waals surface area contributed by atoms with Crippen molar-refractivity contribution in [3.05, 3.63) is 35.9 Å². The van der Waals surface area contributed by atoms with Crippen molar-refractivity contribution >= 4 is 5.97 Å². The summed E-state index contributed by atoms with van der Waals surface area (Å²) in [5.41, 5.74) is 0.639. The molecule has 0 saturated carbocycles. The van der Waals surface area contributed by atoms with Gasteiger partial charge in [-0.2, -0.15) is 5.26 Å². The number of rotatable bonds is 7. The maximum absolute atomic E-state index is 11.8. The van der Waals surface area contributed by atoms with Crippen LogP contribution >= 0.6 is 0 Å². The fourth-order valence-electron chi connectivity index (χ4n) is 2.76. The van der Waals surface area contributed by atoms with Crippen LogP contribution in [-0.4, -0.2) is 13.1 Å². The van der Waals surface area contributed by atoms with E-state index in [-0.39, 0.29) is 11.9 Å². The van der Waals surface area contributed by atoms with Gasteiger partial charge in [-0.25, -0.2) is 0 Å². The standard InChI is InChI=1S/C18H25NO2/c1-5-15(16-9-7-6-8-10-16)11-14(13-19)12-18(2,3)17(20)21-4/h6-10,14-15H,5,11-12H2,1-4H3. The number of hydrogen-bond donors (Lipinski definition) is 0. The van der Waals surface area contributed by atoms with Crippen LogP contribution in [0.1, 0.15) is 51.5 Å². The summed E-state index contributed by atoms with van der Waals surface area (Å²) in [5, 5.41) is 9.43. The summed E-state index contributed by atoms with van der Waals surface area (Å²) >= 11 is 0. The molecule has 2 unspecified atom stereocenters. The Morgan fingerprint density at radius 1 is 1.33 bits per heavy atom. The van der Waals surface area contributed by atoms with E-state index in [0.717, 1.165) is 12.8 Å². The number of esters is 1. The van der Waals surface area contributed by atoms with Crippen molar-refractivity contribution < 1.29 is 9.53 Å². The summed E-state index contributed by atoms with van der Waals surface area (Å²) in [5.74, 6) is -0.0518. The van der Waals surface area contributed by atoms with Gasteiger partial charge in [-0.3, -0.25) is 4.79 Å². The lowest BCUT2D eigenvalue weighted by Crippen LogP contribution is -2.28. The minimum absolute atomic E-state index is 0.149. The molecule has 0 aliphatic carbocycles. The molecule has 2 atom stereocenters. The molecule has 0 aliphatic rings. The van der Waals surface area contributed by atoms with E-state index in [2.05, 4.69) is 25.1 Å². The number of nitrogens with zero attached hydrogens (tertiary/aromatic N) is 1. The molecule has 0 N–H and O–H groups in total. The quantitative estimate of drug-likeness (QED) is 0.702. The van der Waals surface area contributed by atoms with Crippen LogP contribution in [0.25, 0.3) is 0 Å². The Kier molecular flexibility index (Phi) is 6.42. The van der Waals surface area contributed by atoms with Crippen LogP contribution in [0.4, 0.5) is 0 Å². The maximum Gasteiger partial charge on any atom is 0.311 e. The molecule has 0 bridgehead atoms. The molecule has 1 aromatic rings. The number of hydrogen-bond acceptors (Lipinski definition) is 3. The van der Waals surface area contributed by atoms with Gasteiger partial charge in [0.15, 0.2) is 0 Å². The molecule has 0 heterocycles. The van der Waals surface area contributed by atoms with Crippen LogP contribution in [-0.2, 0) is 9.53 Å². The molecule has 21 heavy (non-hydrogen) atoms. The molecule has 1 rings (SSSR count). The third-order valence-corrected chi connectivity index (χ3v) is 4.01. The minimum Gasteiger partial charge on any atom is -0.469 e. The summed E-state index contributed by atoms with van der Waals surface area (Å²) in [4.78, 5) is 11.8. The van der Waals surface area contributed by atoms with Gasteiger partial charge < -0.3 is 4.74 Å². The predicted octanol–water partition coefficient (Wildman–Crippen LogP) is 4.30. The molecule has 0 saturated heterocycles. The number of methoxy groups -OCH3 is 1. The topological polar surface area (TPSA) is 50.1 Å². The summed E-state index contributed by atoms with van der Waals surface area (Å²) in [6.07, 6.45) is 2.29. The normalized spacial score (nSPS) is 14.0.